The lowest BCUT2D eigenvalue weighted by atomic mass is 9.87. The lowest BCUT2D eigenvalue weighted by Gasteiger charge is -2.16. The Morgan fingerprint density at radius 1 is 0.500 bits per heavy atom. The van der Waals surface area contributed by atoms with E-state index in [0.717, 1.165) is 44.5 Å². The van der Waals surface area contributed by atoms with E-state index in [0.29, 0.717) is 21.7 Å². The Kier molecular flexibility index (Phi) is 8.55. The van der Waals surface area contributed by atoms with E-state index >= 15 is 0 Å². The van der Waals surface area contributed by atoms with Crippen LogP contribution < -0.4 is 0 Å². The molecule has 5 rings (SSSR count). The van der Waals surface area contributed by atoms with Crippen LogP contribution in [0.3, 0.4) is 0 Å². The second kappa shape index (κ2) is 12.5. The summed E-state index contributed by atoms with van der Waals surface area (Å²) in [6.45, 7) is 6.12. The molecule has 1 aliphatic carbocycles. The van der Waals surface area contributed by atoms with Gasteiger partial charge in [0.15, 0.2) is 0 Å². The second-order valence-electron chi connectivity index (χ2n) is 9.52. The summed E-state index contributed by atoms with van der Waals surface area (Å²) in [6, 6.07) is 25.6. The van der Waals surface area contributed by atoms with Crippen LogP contribution in [-0.2, 0) is 14.2 Å². The molecule has 4 aromatic carbocycles. The number of benzene rings is 4. The smallest absolute Gasteiger partial charge is 0.338 e. The van der Waals surface area contributed by atoms with Gasteiger partial charge in [-0.25, -0.2) is 14.4 Å². The van der Waals surface area contributed by atoms with Crippen LogP contribution in [0.1, 0.15) is 74.1 Å². The summed E-state index contributed by atoms with van der Waals surface area (Å²) >= 11 is 6.44. The molecule has 0 radical (unpaired) electrons. The van der Waals surface area contributed by atoms with E-state index in [2.05, 4.69) is 0 Å². The van der Waals surface area contributed by atoms with Crippen molar-refractivity contribution in [3.8, 4) is 11.1 Å². The van der Waals surface area contributed by atoms with Crippen LogP contribution >= 0.6 is 11.6 Å². The zero-order chi connectivity index (χ0) is 29.8. The first-order chi connectivity index (χ1) is 20.4. The molecule has 0 N–H and O–H groups in total. The van der Waals surface area contributed by atoms with Gasteiger partial charge in [-0.1, -0.05) is 48.0 Å². The zero-order valence-electron chi connectivity index (χ0n) is 23.5. The summed E-state index contributed by atoms with van der Waals surface area (Å²) in [6.07, 6.45) is 0. The van der Waals surface area contributed by atoms with Gasteiger partial charge in [0.1, 0.15) is 0 Å². The highest BCUT2D eigenvalue weighted by Crippen LogP contribution is 2.50. The number of hydrogen-bond donors (Lipinski definition) is 0. The normalized spacial score (nSPS) is 11.4. The maximum absolute atomic E-state index is 12.8. The lowest BCUT2D eigenvalue weighted by Crippen LogP contribution is -2.06. The van der Waals surface area contributed by atoms with Gasteiger partial charge >= 0.3 is 17.9 Å². The van der Waals surface area contributed by atoms with Gasteiger partial charge in [-0.05, 0) is 114 Å². The van der Waals surface area contributed by atoms with E-state index in [1.54, 1.807) is 51.1 Å². The molecule has 6 nitrogen and oxygen atoms in total. The van der Waals surface area contributed by atoms with Gasteiger partial charge < -0.3 is 14.2 Å². The summed E-state index contributed by atoms with van der Waals surface area (Å²) in [7, 11) is 0. The molecule has 0 saturated heterocycles. The van der Waals surface area contributed by atoms with Crippen LogP contribution in [0.4, 0.5) is 0 Å². The van der Waals surface area contributed by atoms with Crippen molar-refractivity contribution in [2.75, 3.05) is 19.8 Å². The first kappa shape index (κ1) is 28.8. The Morgan fingerprint density at radius 2 is 0.929 bits per heavy atom. The Balaban J connectivity index is 1.78. The highest BCUT2D eigenvalue weighted by molar-refractivity contribution is 6.31. The maximum Gasteiger partial charge on any atom is 0.338 e. The van der Waals surface area contributed by atoms with Crippen molar-refractivity contribution >= 4 is 40.7 Å². The molecule has 0 atom stereocenters. The molecule has 0 fully saturated rings. The molecule has 0 amide bonds. The molecule has 0 spiro atoms. The molecule has 0 aliphatic heterocycles. The molecule has 0 unspecified atom stereocenters. The molecular formula is C35H29ClO6. The quantitative estimate of drug-likeness (QED) is 0.137. The Labute approximate surface area is 249 Å². The van der Waals surface area contributed by atoms with E-state index in [4.69, 9.17) is 25.8 Å². The minimum Gasteiger partial charge on any atom is -0.462 e. The average Bonchev–Trinajstić information content (AvgIpc) is 3.31. The number of esters is 3. The van der Waals surface area contributed by atoms with Crippen molar-refractivity contribution in [3.05, 3.63) is 129 Å². The number of rotatable bonds is 8. The van der Waals surface area contributed by atoms with Crippen molar-refractivity contribution in [2.24, 2.45) is 0 Å². The van der Waals surface area contributed by atoms with Crippen molar-refractivity contribution < 1.29 is 28.6 Å². The summed E-state index contributed by atoms with van der Waals surface area (Å²) in [5, 5.41) is 0.592. The lowest BCUT2D eigenvalue weighted by molar-refractivity contribution is 0.0516. The van der Waals surface area contributed by atoms with Crippen molar-refractivity contribution in [1.29, 1.82) is 0 Å². The summed E-state index contributed by atoms with van der Waals surface area (Å²) in [4.78, 5) is 37.5. The van der Waals surface area contributed by atoms with Crippen LogP contribution in [0.2, 0.25) is 5.02 Å². The van der Waals surface area contributed by atoms with E-state index < -0.39 is 17.9 Å². The van der Waals surface area contributed by atoms with Gasteiger partial charge in [0.25, 0.3) is 0 Å². The van der Waals surface area contributed by atoms with Gasteiger partial charge in [0, 0.05) is 5.02 Å². The fraction of sp³-hybridized carbons (Fsp3) is 0.171. The number of fused-ring (bicyclic) bond motifs is 3. The van der Waals surface area contributed by atoms with Gasteiger partial charge in [0.2, 0.25) is 0 Å². The van der Waals surface area contributed by atoms with Crippen LogP contribution in [-0.4, -0.2) is 37.7 Å². The molecule has 42 heavy (non-hydrogen) atoms. The first-order valence-corrected chi connectivity index (χ1v) is 14.1. The topological polar surface area (TPSA) is 78.9 Å². The molecule has 1 aliphatic rings. The fourth-order valence-electron chi connectivity index (χ4n) is 5.13. The Hall–Kier alpha value is -4.68. The molecule has 0 aromatic heterocycles. The van der Waals surface area contributed by atoms with Crippen molar-refractivity contribution in [3.63, 3.8) is 0 Å². The second-order valence-corrected chi connectivity index (χ2v) is 9.95. The van der Waals surface area contributed by atoms with Gasteiger partial charge in [-0.2, -0.15) is 0 Å². The van der Waals surface area contributed by atoms with E-state index in [-0.39, 0.29) is 19.8 Å². The number of carbonyl (C=O) groups is 3. The highest BCUT2D eigenvalue weighted by Gasteiger charge is 2.29. The van der Waals surface area contributed by atoms with Gasteiger partial charge in [-0.3, -0.25) is 0 Å². The molecular weight excluding hydrogens is 552 g/mol. The fourth-order valence-corrected chi connectivity index (χ4v) is 5.30. The molecule has 212 valence electrons. The number of hydrogen-bond acceptors (Lipinski definition) is 6. The maximum atomic E-state index is 12.8. The van der Waals surface area contributed by atoms with Crippen LogP contribution in [0.25, 0.3) is 22.3 Å². The zero-order valence-corrected chi connectivity index (χ0v) is 24.3. The monoisotopic (exact) mass is 580 g/mol. The summed E-state index contributed by atoms with van der Waals surface area (Å²) in [5.41, 5.74) is 8.35. The standard InChI is InChI=1S/C35H29ClO6/c1-4-40-33(37)23-11-7-21(8-12-23)31(22-9-13-24(14-10-22)34(38)41-5-2)32-28-18-16-26(36)20-29(28)27-17-15-25(19-30(27)32)35(39)42-6-3/h7-20H,4-6H2,1-3H3. The van der Waals surface area contributed by atoms with E-state index in [1.807, 2.05) is 54.6 Å². The molecule has 0 saturated carbocycles. The SMILES string of the molecule is CCOC(=O)c1ccc(C(=C2c3cc(C(=O)OCC)ccc3-c3cc(Cl)ccc32)c2ccc(C(=O)OCC)cc2)cc1. The number of ether oxygens (including phenoxy) is 3. The molecule has 4 aromatic rings. The largest absolute Gasteiger partial charge is 0.462 e. The molecule has 7 heteroatoms. The van der Waals surface area contributed by atoms with Gasteiger partial charge in [-0.15, -0.1) is 0 Å². The Bertz CT molecular complexity index is 1640. The van der Waals surface area contributed by atoms with Crippen LogP contribution in [0, 0.1) is 0 Å². The third-order valence-corrected chi connectivity index (χ3v) is 7.20. The number of carbonyl (C=O) groups excluding carboxylic acids is 3. The van der Waals surface area contributed by atoms with Crippen molar-refractivity contribution in [2.45, 2.75) is 20.8 Å². The summed E-state index contributed by atoms with van der Waals surface area (Å²) in [5.74, 6) is -1.21. The van der Waals surface area contributed by atoms with Crippen LogP contribution in [0.5, 0.6) is 0 Å². The number of halogens is 1. The molecule has 0 heterocycles. The van der Waals surface area contributed by atoms with Crippen LogP contribution in [0.15, 0.2) is 84.9 Å². The van der Waals surface area contributed by atoms with Gasteiger partial charge in [0.05, 0.1) is 36.5 Å². The minimum absolute atomic E-state index is 0.263. The minimum atomic E-state index is -0.409. The first-order valence-electron chi connectivity index (χ1n) is 13.8. The average molecular weight is 581 g/mol. The van der Waals surface area contributed by atoms with E-state index in [1.165, 1.54) is 0 Å². The van der Waals surface area contributed by atoms with Crippen molar-refractivity contribution in [1.82, 2.24) is 0 Å². The molecule has 0 bridgehead atoms. The van der Waals surface area contributed by atoms with E-state index in [9.17, 15) is 14.4 Å². The third kappa shape index (κ3) is 5.58. The summed E-state index contributed by atoms with van der Waals surface area (Å²) < 4.78 is 15.6. The third-order valence-electron chi connectivity index (χ3n) is 6.96. The Morgan fingerprint density at radius 3 is 1.43 bits per heavy atom. The predicted molar refractivity (Wildman–Crippen MR) is 163 cm³/mol. The highest BCUT2D eigenvalue weighted by atomic mass is 35.5. The predicted octanol–water partition coefficient (Wildman–Crippen LogP) is 7.86.